The second-order valence-corrected chi connectivity index (χ2v) is 13.7. The molecule has 0 saturated carbocycles. The lowest BCUT2D eigenvalue weighted by atomic mass is 10.2. The van der Waals surface area contributed by atoms with Gasteiger partial charge in [0.15, 0.2) is 6.04 Å². The fourth-order valence-electron chi connectivity index (χ4n) is 4.88. The van der Waals surface area contributed by atoms with Crippen LogP contribution in [0.4, 0.5) is 4.79 Å². The van der Waals surface area contributed by atoms with Crippen molar-refractivity contribution in [3.63, 3.8) is 0 Å². The van der Waals surface area contributed by atoms with Crippen LogP contribution in [-0.2, 0) is 63.6 Å². The molecule has 1 amide bonds. The van der Waals surface area contributed by atoms with E-state index in [1.54, 1.807) is 92.0 Å². The molecule has 55 heavy (non-hydrogen) atoms. The molecular formula is C42H44NO11P. The van der Waals surface area contributed by atoms with Gasteiger partial charge in [0.25, 0.3) is 0 Å². The highest BCUT2D eigenvalue weighted by Crippen LogP contribution is 2.50. The lowest BCUT2D eigenvalue weighted by molar-refractivity contribution is -0.148. The molecule has 3 atom stereocenters. The number of carbonyl (C=O) groups excluding carboxylic acids is 2. The molecule has 5 aromatic rings. The Labute approximate surface area is 320 Å². The minimum Gasteiger partial charge on any atom is -0.497 e. The van der Waals surface area contributed by atoms with Gasteiger partial charge in [-0.15, -0.1) is 0 Å². The van der Waals surface area contributed by atoms with Crippen molar-refractivity contribution in [3.05, 3.63) is 168 Å². The summed E-state index contributed by atoms with van der Waals surface area (Å²) < 4.78 is 60.0. The first-order valence-electron chi connectivity index (χ1n) is 17.6. The summed E-state index contributed by atoms with van der Waals surface area (Å²) in [5, 5.41) is 2.47. The fourth-order valence-corrected chi connectivity index (χ4v) is 6.09. The maximum Gasteiger partial charge on any atom is 0.475 e. The Morgan fingerprint density at radius 1 is 0.545 bits per heavy atom. The van der Waals surface area contributed by atoms with Gasteiger partial charge in [-0.05, 0) is 46.5 Å². The molecule has 0 bridgehead atoms. The summed E-state index contributed by atoms with van der Waals surface area (Å²) in [5.74, 6) is 0.366. The van der Waals surface area contributed by atoms with E-state index in [0.717, 1.165) is 16.7 Å². The van der Waals surface area contributed by atoms with Crippen molar-refractivity contribution in [1.29, 1.82) is 0 Å². The molecular weight excluding hydrogens is 725 g/mol. The van der Waals surface area contributed by atoms with Gasteiger partial charge in [-0.2, -0.15) is 0 Å². The maximum atomic E-state index is 14.3. The molecule has 0 radical (unpaired) electrons. The number of methoxy groups -OCH3 is 1. The van der Waals surface area contributed by atoms with Gasteiger partial charge in [-0.1, -0.05) is 121 Å². The second-order valence-electron chi connectivity index (χ2n) is 12.1. The topological polar surface area (TPSA) is 137 Å². The number of hydrogen-bond donors (Lipinski definition) is 1. The molecule has 5 rings (SSSR count). The number of ether oxygens (including phenoxy) is 5. The van der Waals surface area contributed by atoms with Gasteiger partial charge < -0.3 is 29.0 Å². The van der Waals surface area contributed by atoms with Crippen LogP contribution < -0.4 is 14.8 Å². The third kappa shape index (κ3) is 14.7. The Hall–Kier alpha value is -5.49. The maximum absolute atomic E-state index is 14.3. The number of benzene rings is 5. The summed E-state index contributed by atoms with van der Waals surface area (Å²) in [5.41, 5.74) is 3.06. The standard InChI is InChI=1S/C42H44NO11P/c1-47-37-22-24-38(25-23-37)49-30-39(48-26-33-14-6-2-7-15-33)31-53-55(46,52-29-36-20-12-5-13-21-36)54-32-40(41(44)50-27-34-16-8-3-9-17-34)43-42(45)51-28-35-18-10-4-11-19-35/h2-25,39-40H,26-32H2,1H3,(H,43,45)/t39-,40-,55?/m0/s1. The van der Waals surface area contributed by atoms with Crippen molar-refractivity contribution in [2.75, 3.05) is 26.9 Å². The Kier molecular flexibility index (Phi) is 16.3. The number of hydrogen-bond acceptors (Lipinski definition) is 11. The molecule has 13 heteroatoms. The van der Waals surface area contributed by atoms with Crippen LogP contribution in [0.15, 0.2) is 146 Å². The highest BCUT2D eigenvalue weighted by atomic mass is 31.2. The van der Waals surface area contributed by atoms with Crippen LogP contribution in [0.3, 0.4) is 0 Å². The monoisotopic (exact) mass is 769 g/mol. The number of alkyl carbamates (subject to hydrolysis) is 1. The van der Waals surface area contributed by atoms with Crippen LogP contribution >= 0.6 is 7.82 Å². The third-order valence-electron chi connectivity index (χ3n) is 7.89. The smallest absolute Gasteiger partial charge is 0.475 e. The van der Waals surface area contributed by atoms with Crippen LogP contribution in [0.25, 0.3) is 0 Å². The number of esters is 1. The van der Waals surface area contributed by atoms with Crippen LogP contribution in [0, 0.1) is 0 Å². The van der Waals surface area contributed by atoms with Gasteiger partial charge in [0.2, 0.25) is 0 Å². The zero-order valence-corrected chi connectivity index (χ0v) is 31.3. The van der Waals surface area contributed by atoms with Gasteiger partial charge in [-0.3, -0.25) is 13.6 Å². The molecule has 0 heterocycles. The highest BCUT2D eigenvalue weighted by molar-refractivity contribution is 7.48. The third-order valence-corrected chi connectivity index (χ3v) is 9.26. The van der Waals surface area contributed by atoms with E-state index in [1.807, 2.05) is 60.7 Å². The average Bonchev–Trinajstić information content (AvgIpc) is 3.24. The molecule has 0 spiro atoms. The molecule has 1 N–H and O–H groups in total. The van der Waals surface area contributed by atoms with E-state index in [4.69, 9.17) is 37.3 Å². The number of amides is 1. The van der Waals surface area contributed by atoms with E-state index in [9.17, 15) is 14.2 Å². The number of phosphoric ester groups is 1. The molecule has 288 valence electrons. The molecule has 0 saturated heterocycles. The Morgan fingerprint density at radius 3 is 1.56 bits per heavy atom. The van der Waals surface area contributed by atoms with Crippen molar-refractivity contribution in [3.8, 4) is 11.5 Å². The quantitative estimate of drug-likeness (QED) is 0.0541. The van der Waals surface area contributed by atoms with Gasteiger partial charge in [0.05, 0.1) is 33.5 Å². The lowest BCUT2D eigenvalue weighted by Crippen LogP contribution is -2.45. The van der Waals surface area contributed by atoms with Crippen molar-refractivity contribution in [2.45, 2.75) is 38.6 Å². The van der Waals surface area contributed by atoms with Gasteiger partial charge in [0, 0.05) is 0 Å². The van der Waals surface area contributed by atoms with Crippen molar-refractivity contribution >= 4 is 19.9 Å². The largest absolute Gasteiger partial charge is 0.497 e. The zero-order valence-electron chi connectivity index (χ0n) is 30.4. The normalized spacial score (nSPS) is 13.1. The van der Waals surface area contributed by atoms with E-state index in [2.05, 4.69) is 5.32 Å². The van der Waals surface area contributed by atoms with Crippen LogP contribution in [-0.4, -0.2) is 51.1 Å². The minimum atomic E-state index is -4.47. The predicted octanol–water partition coefficient (Wildman–Crippen LogP) is 8.06. The molecule has 5 aromatic carbocycles. The van der Waals surface area contributed by atoms with E-state index in [1.165, 1.54) is 0 Å². The SMILES string of the molecule is COc1ccc(OC[C@@H](COP(=O)(OCc2ccccc2)OC[C@H](NC(=O)OCc2ccccc2)C(=O)OCc2ccccc2)OCc2ccccc2)cc1. The predicted molar refractivity (Wildman–Crippen MR) is 204 cm³/mol. The summed E-state index contributed by atoms with van der Waals surface area (Å²) in [4.78, 5) is 26.3. The van der Waals surface area contributed by atoms with E-state index < -0.39 is 38.6 Å². The first-order chi connectivity index (χ1) is 26.9. The van der Waals surface area contributed by atoms with Crippen LogP contribution in [0.5, 0.6) is 11.5 Å². The molecule has 0 aliphatic carbocycles. The van der Waals surface area contributed by atoms with E-state index in [-0.39, 0.29) is 39.6 Å². The number of phosphoric acid groups is 1. The van der Waals surface area contributed by atoms with Crippen molar-refractivity contribution < 1.29 is 51.4 Å². The summed E-state index contributed by atoms with van der Waals surface area (Å²) in [7, 11) is -2.90. The molecule has 0 aliphatic heterocycles. The first kappa shape index (κ1) is 40.7. The number of rotatable bonds is 22. The van der Waals surface area contributed by atoms with Crippen LogP contribution in [0.1, 0.15) is 22.3 Å². The summed E-state index contributed by atoms with van der Waals surface area (Å²) in [6, 6.07) is 42.1. The molecule has 1 unspecified atom stereocenters. The van der Waals surface area contributed by atoms with Gasteiger partial charge in [-0.25, -0.2) is 14.2 Å². The second kappa shape index (κ2) is 22.0. The number of nitrogens with one attached hydrogen (secondary N) is 1. The average molecular weight is 770 g/mol. The summed E-state index contributed by atoms with van der Waals surface area (Å²) >= 11 is 0. The highest BCUT2D eigenvalue weighted by Gasteiger charge is 2.33. The first-order valence-corrected chi connectivity index (χ1v) is 19.0. The Balaban J connectivity index is 1.29. The van der Waals surface area contributed by atoms with Crippen molar-refractivity contribution in [2.24, 2.45) is 0 Å². The lowest BCUT2D eigenvalue weighted by Gasteiger charge is -2.24. The minimum absolute atomic E-state index is 0.0150. The van der Waals surface area contributed by atoms with Crippen LogP contribution in [0.2, 0.25) is 0 Å². The van der Waals surface area contributed by atoms with E-state index in [0.29, 0.717) is 17.1 Å². The Bertz CT molecular complexity index is 1900. The molecule has 12 nitrogen and oxygen atoms in total. The summed E-state index contributed by atoms with van der Waals surface area (Å²) in [6.07, 6.45) is -1.67. The molecule has 0 aliphatic rings. The van der Waals surface area contributed by atoms with Gasteiger partial charge in [0.1, 0.15) is 37.4 Å². The zero-order chi connectivity index (χ0) is 38.6. The Morgan fingerprint density at radius 2 is 1.02 bits per heavy atom. The van der Waals surface area contributed by atoms with E-state index >= 15 is 0 Å². The molecule has 0 aromatic heterocycles. The fraction of sp³-hybridized carbons (Fsp3) is 0.238. The summed E-state index contributed by atoms with van der Waals surface area (Å²) in [6.45, 7) is -0.981. The van der Waals surface area contributed by atoms with Crippen molar-refractivity contribution in [1.82, 2.24) is 5.32 Å². The van der Waals surface area contributed by atoms with Gasteiger partial charge >= 0.3 is 19.9 Å². The number of carbonyl (C=O) groups is 2. The molecule has 0 fully saturated rings.